The highest BCUT2D eigenvalue weighted by Crippen LogP contribution is 2.31. The standard InChI is InChI=1S/C11H13NO2/c1-7-4-5-8-9(13)6-11(2,3)14-10(8)12-7/h4-5H,6H2,1-3H3. The second-order valence-electron chi connectivity index (χ2n) is 4.27. The van der Waals surface area contributed by atoms with Crippen LogP contribution in [0.3, 0.4) is 0 Å². The molecule has 0 radical (unpaired) electrons. The van der Waals surface area contributed by atoms with E-state index >= 15 is 0 Å². The number of aryl methyl sites for hydroxylation is 1. The van der Waals surface area contributed by atoms with Crippen molar-refractivity contribution in [1.82, 2.24) is 4.98 Å². The largest absolute Gasteiger partial charge is 0.471 e. The van der Waals surface area contributed by atoms with E-state index in [0.717, 1.165) is 5.69 Å². The molecule has 0 saturated carbocycles. The molecule has 1 aromatic rings. The fourth-order valence-electron chi connectivity index (χ4n) is 1.60. The lowest BCUT2D eigenvalue weighted by Gasteiger charge is -2.30. The number of nitrogens with zero attached hydrogens (tertiary/aromatic N) is 1. The van der Waals surface area contributed by atoms with E-state index in [9.17, 15) is 4.79 Å². The van der Waals surface area contributed by atoms with Gasteiger partial charge in [0.2, 0.25) is 5.88 Å². The molecule has 0 aromatic carbocycles. The van der Waals surface area contributed by atoms with Crippen LogP contribution in [0.15, 0.2) is 12.1 Å². The fraction of sp³-hybridized carbons (Fsp3) is 0.455. The minimum absolute atomic E-state index is 0.115. The normalized spacial score (nSPS) is 18.6. The molecule has 1 aliphatic rings. The van der Waals surface area contributed by atoms with Crippen molar-refractivity contribution >= 4 is 5.78 Å². The summed E-state index contributed by atoms with van der Waals surface area (Å²) in [6.07, 6.45) is 0.421. The van der Waals surface area contributed by atoms with Crippen LogP contribution in [-0.2, 0) is 0 Å². The van der Waals surface area contributed by atoms with Crippen LogP contribution >= 0.6 is 0 Å². The summed E-state index contributed by atoms with van der Waals surface area (Å²) in [6, 6.07) is 3.62. The van der Waals surface area contributed by atoms with Gasteiger partial charge in [0.1, 0.15) is 5.60 Å². The highest BCUT2D eigenvalue weighted by molar-refractivity contribution is 5.99. The molecule has 3 nitrogen and oxygen atoms in total. The molecule has 0 unspecified atom stereocenters. The van der Waals surface area contributed by atoms with Gasteiger partial charge < -0.3 is 4.74 Å². The zero-order chi connectivity index (χ0) is 10.3. The van der Waals surface area contributed by atoms with E-state index in [-0.39, 0.29) is 5.78 Å². The molecule has 0 saturated heterocycles. The van der Waals surface area contributed by atoms with Crippen molar-refractivity contribution in [2.75, 3.05) is 0 Å². The Hall–Kier alpha value is -1.38. The number of fused-ring (bicyclic) bond motifs is 1. The number of carbonyl (C=O) groups is 1. The van der Waals surface area contributed by atoms with Gasteiger partial charge in [0.15, 0.2) is 5.78 Å². The van der Waals surface area contributed by atoms with Gasteiger partial charge in [-0.05, 0) is 32.9 Å². The summed E-state index contributed by atoms with van der Waals surface area (Å²) in [6.45, 7) is 5.69. The van der Waals surface area contributed by atoms with Gasteiger partial charge in [0, 0.05) is 5.69 Å². The molecular formula is C11H13NO2. The fourth-order valence-corrected chi connectivity index (χ4v) is 1.60. The Morgan fingerprint density at radius 1 is 1.43 bits per heavy atom. The van der Waals surface area contributed by atoms with E-state index in [1.54, 1.807) is 6.07 Å². The molecule has 14 heavy (non-hydrogen) atoms. The number of hydrogen-bond donors (Lipinski definition) is 0. The van der Waals surface area contributed by atoms with Gasteiger partial charge in [0.25, 0.3) is 0 Å². The molecular weight excluding hydrogens is 178 g/mol. The number of ether oxygens (including phenoxy) is 1. The predicted molar refractivity (Wildman–Crippen MR) is 52.6 cm³/mol. The summed E-state index contributed by atoms with van der Waals surface area (Å²) in [5, 5.41) is 0. The zero-order valence-electron chi connectivity index (χ0n) is 8.63. The molecule has 2 rings (SSSR count). The van der Waals surface area contributed by atoms with Gasteiger partial charge in [0.05, 0.1) is 12.0 Å². The Bertz CT molecular complexity index is 396. The van der Waals surface area contributed by atoms with Crippen LogP contribution in [-0.4, -0.2) is 16.4 Å². The molecule has 0 atom stereocenters. The number of hydrogen-bond acceptors (Lipinski definition) is 3. The average molecular weight is 191 g/mol. The van der Waals surface area contributed by atoms with E-state index < -0.39 is 5.60 Å². The van der Waals surface area contributed by atoms with Gasteiger partial charge in [-0.2, -0.15) is 0 Å². The second-order valence-corrected chi connectivity index (χ2v) is 4.27. The molecule has 0 spiro atoms. The number of rotatable bonds is 0. The molecule has 0 aliphatic carbocycles. The van der Waals surface area contributed by atoms with Gasteiger partial charge in [-0.3, -0.25) is 4.79 Å². The number of Topliss-reactive ketones (excluding diaryl/α,β-unsaturated/α-hetero) is 1. The van der Waals surface area contributed by atoms with Crippen LogP contribution in [0.25, 0.3) is 0 Å². The van der Waals surface area contributed by atoms with E-state index in [1.807, 2.05) is 26.8 Å². The summed E-state index contributed by atoms with van der Waals surface area (Å²) in [7, 11) is 0. The highest BCUT2D eigenvalue weighted by Gasteiger charge is 2.33. The molecule has 0 N–H and O–H groups in total. The lowest BCUT2D eigenvalue weighted by atomic mass is 9.95. The summed E-state index contributed by atoms with van der Waals surface area (Å²) >= 11 is 0. The molecule has 0 bridgehead atoms. The maximum absolute atomic E-state index is 11.7. The van der Waals surface area contributed by atoms with Gasteiger partial charge in [-0.15, -0.1) is 0 Å². The van der Waals surface area contributed by atoms with Gasteiger partial charge in [-0.25, -0.2) is 4.98 Å². The van der Waals surface area contributed by atoms with Crippen LogP contribution in [0.1, 0.15) is 36.3 Å². The smallest absolute Gasteiger partial charge is 0.225 e. The Morgan fingerprint density at radius 3 is 2.86 bits per heavy atom. The monoisotopic (exact) mass is 191 g/mol. The Labute approximate surface area is 83.1 Å². The maximum atomic E-state index is 11.7. The summed E-state index contributed by atoms with van der Waals surface area (Å²) in [4.78, 5) is 15.9. The molecule has 1 aliphatic heterocycles. The summed E-state index contributed by atoms with van der Waals surface area (Å²) in [5.74, 6) is 0.593. The third-order valence-corrected chi connectivity index (χ3v) is 2.26. The van der Waals surface area contributed by atoms with Crippen LogP contribution in [0, 0.1) is 6.92 Å². The van der Waals surface area contributed by atoms with E-state index in [0.29, 0.717) is 17.9 Å². The third-order valence-electron chi connectivity index (χ3n) is 2.26. The minimum Gasteiger partial charge on any atom is -0.471 e. The lowest BCUT2D eigenvalue weighted by Crippen LogP contribution is -2.36. The van der Waals surface area contributed by atoms with E-state index in [2.05, 4.69) is 4.98 Å². The Kier molecular flexibility index (Phi) is 1.84. The van der Waals surface area contributed by atoms with Crippen molar-refractivity contribution in [3.8, 4) is 5.88 Å². The van der Waals surface area contributed by atoms with Crippen LogP contribution in [0.4, 0.5) is 0 Å². The quantitative estimate of drug-likeness (QED) is 0.630. The second kappa shape index (κ2) is 2.80. The van der Waals surface area contributed by atoms with Crippen LogP contribution in [0.2, 0.25) is 0 Å². The average Bonchev–Trinajstić information content (AvgIpc) is 2.00. The predicted octanol–water partition coefficient (Wildman–Crippen LogP) is 2.13. The van der Waals surface area contributed by atoms with Crippen molar-refractivity contribution in [3.05, 3.63) is 23.4 Å². The minimum atomic E-state index is -0.426. The van der Waals surface area contributed by atoms with Crippen molar-refractivity contribution in [3.63, 3.8) is 0 Å². The number of carbonyl (C=O) groups excluding carboxylic acids is 1. The first-order valence-corrected chi connectivity index (χ1v) is 4.68. The van der Waals surface area contributed by atoms with Crippen molar-refractivity contribution < 1.29 is 9.53 Å². The SMILES string of the molecule is Cc1ccc2c(n1)OC(C)(C)CC2=O. The molecule has 3 heteroatoms. The molecule has 0 amide bonds. The van der Waals surface area contributed by atoms with Gasteiger partial charge in [-0.1, -0.05) is 0 Å². The molecule has 0 fully saturated rings. The number of aromatic nitrogens is 1. The first-order valence-electron chi connectivity index (χ1n) is 4.68. The maximum Gasteiger partial charge on any atom is 0.225 e. The van der Waals surface area contributed by atoms with E-state index in [4.69, 9.17) is 4.74 Å². The van der Waals surface area contributed by atoms with Crippen molar-refractivity contribution in [2.24, 2.45) is 0 Å². The van der Waals surface area contributed by atoms with E-state index in [1.165, 1.54) is 0 Å². The summed E-state index contributed by atoms with van der Waals surface area (Å²) < 4.78 is 5.64. The van der Waals surface area contributed by atoms with Crippen LogP contribution in [0.5, 0.6) is 5.88 Å². The Balaban J connectivity index is 2.51. The third kappa shape index (κ3) is 1.50. The first-order chi connectivity index (χ1) is 6.48. The number of ketones is 1. The Morgan fingerprint density at radius 2 is 2.14 bits per heavy atom. The summed E-state index contributed by atoms with van der Waals surface area (Å²) in [5.41, 5.74) is 1.05. The number of pyridine rings is 1. The zero-order valence-corrected chi connectivity index (χ0v) is 8.63. The topological polar surface area (TPSA) is 39.2 Å². The molecule has 2 heterocycles. The highest BCUT2D eigenvalue weighted by atomic mass is 16.5. The van der Waals surface area contributed by atoms with Crippen molar-refractivity contribution in [2.45, 2.75) is 32.8 Å². The van der Waals surface area contributed by atoms with Crippen molar-refractivity contribution in [1.29, 1.82) is 0 Å². The lowest BCUT2D eigenvalue weighted by molar-refractivity contribution is 0.0590. The van der Waals surface area contributed by atoms with Crippen LogP contribution < -0.4 is 4.74 Å². The van der Waals surface area contributed by atoms with Gasteiger partial charge >= 0.3 is 0 Å². The first kappa shape index (κ1) is 9.19. The molecule has 74 valence electrons. The molecule has 1 aromatic heterocycles.